The summed E-state index contributed by atoms with van der Waals surface area (Å²) in [4.78, 5) is 12.0. The number of unbranched alkanes of at least 4 members (excludes halogenated alkanes) is 1. The van der Waals surface area contributed by atoms with Crippen LogP contribution in [0.4, 0.5) is 0 Å². The van der Waals surface area contributed by atoms with Gasteiger partial charge in [0.2, 0.25) is 0 Å². The SMILES string of the molecule is CCCCC(CC)CC(=O)CC1CCCCO1. The molecule has 0 saturated carbocycles. The lowest BCUT2D eigenvalue weighted by Gasteiger charge is -2.22. The highest BCUT2D eigenvalue weighted by Gasteiger charge is 2.19. The maximum absolute atomic E-state index is 12.0. The zero-order valence-electron chi connectivity index (χ0n) is 11.5. The first-order valence-corrected chi connectivity index (χ1v) is 7.39. The van der Waals surface area contributed by atoms with Crippen molar-refractivity contribution >= 4 is 5.78 Å². The van der Waals surface area contributed by atoms with Gasteiger partial charge < -0.3 is 4.74 Å². The van der Waals surface area contributed by atoms with E-state index >= 15 is 0 Å². The monoisotopic (exact) mass is 240 g/mol. The van der Waals surface area contributed by atoms with Crippen molar-refractivity contribution in [2.24, 2.45) is 5.92 Å². The summed E-state index contributed by atoms with van der Waals surface area (Å²) >= 11 is 0. The number of hydrogen-bond donors (Lipinski definition) is 0. The number of rotatable bonds is 8. The minimum atomic E-state index is 0.222. The van der Waals surface area contributed by atoms with Gasteiger partial charge in [-0.3, -0.25) is 4.79 Å². The molecule has 1 rings (SSSR count). The molecule has 1 aliphatic rings. The van der Waals surface area contributed by atoms with Gasteiger partial charge in [-0.15, -0.1) is 0 Å². The summed E-state index contributed by atoms with van der Waals surface area (Å²) in [6.07, 6.45) is 9.96. The van der Waals surface area contributed by atoms with Crippen molar-refractivity contribution in [2.45, 2.75) is 77.7 Å². The number of carbonyl (C=O) groups excluding carboxylic acids is 1. The number of ether oxygens (including phenoxy) is 1. The van der Waals surface area contributed by atoms with E-state index in [2.05, 4.69) is 13.8 Å². The molecule has 0 aromatic rings. The molecule has 0 radical (unpaired) electrons. The molecule has 0 spiro atoms. The van der Waals surface area contributed by atoms with Crippen LogP contribution in [0.3, 0.4) is 0 Å². The Morgan fingerprint density at radius 3 is 2.76 bits per heavy atom. The van der Waals surface area contributed by atoms with Crippen LogP contribution in [0.5, 0.6) is 0 Å². The van der Waals surface area contributed by atoms with E-state index in [-0.39, 0.29) is 6.10 Å². The molecule has 0 aromatic carbocycles. The first kappa shape index (κ1) is 14.7. The Morgan fingerprint density at radius 1 is 1.35 bits per heavy atom. The summed E-state index contributed by atoms with van der Waals surface area (Å²) in [6, 6.07) is 0. The molecule has 0 amide bonds. The quantitative estimate of drug-likeness (QED) is 0.638. The first-order valence-electron chi connectivity index (χ1n) is 7.39. The topological polar surface area (TPSA) is 26.3 Å². The minimum Gasteiger partial charge on any atom is -0.378 e. The molecule has 1 heterocycles. The minimum absolute atomic E-state index is 0.222. The Hall–Kier alpha value is -0.370. The van der Waals surface area contributed by atoms with Crippen LogP contribution in [0.2, 0.25) is 0 Å². The van der Waals surface area contributed by atoms with E-state index in [1.54, 1.807) is 0 Å². The molecule has 2 atom stereocenters. The average Bonchev–Trinajstić information content (AvgIpc) is 2.35. The van der Waals surface area contributed by atoms with E-state index in [0.717, 1.165) is 25.9 Å². The van der Waals surface area contributed by atoms with Crippen LogP contribution >= 0.6 is 0 Å². The molecule has 1 fully saturated rings. The maximum atomic E-state index is 12.0. The van der Waals surface area contributed by atoms with Gasteiger partial charge in [-0.2, -0.15) is 0 Å². The van der Waals surface area contributed by atoms with Crippen molar-refractivity contribution in [1.82, 2.24) is 0 Å². The molecule has 2 heteroatoms. The Balaban J connectivity index is 2.21. The molecule has 1 aliphatic heterocycles. The van der Waals surface area contributed by atoms with Gasteiger partial charge in [-0.1, -0.05) is 39.5 Å². The molecule has 0 aromatic heterocycles. The van der Waals surface area contributed by atoms with Crippen molar-refractivity contribution in [3.05, 3.63) is 0 Å². The van der Waals surface area contributed by atoms with Gasteiger partial charge in [0.05, 0.1) is 6.10 Å². The van der Waals surface area contributed by atoms with Crippen LogP contribution in [0.25, 0.3) is 0 Å². The van der Waals surface area contributed by atoms with Crippen LogP contribution < -0.4 is 0 Å². The fourth-order valence-corrected chi connectivity index (χ4v) is 2.57. The fourth-order valence-electron chi connectivity index (χ4n) is 2.57. The van der Waals surface area contributed by atoms with Crippen molar-refractivity contribution in [3.63, 3.8) is 0 Å². The molecule has 17 heavy (non-hydrogen) atoms. The van der Waals surface area contributed by atoms with Gasteiger partial charge in [0, 0.05) is 19.4 Å². The average molecular weight is 240 g/mol. The third-order valence-corrected chi connectivity index (χ3v) is 3.79. The molecule has 1 saturated heterocycles. The second-order valence-electron chi connectivity index (χ2n) is 5.35. The van der Waals surface area contributed by atoms with Crippen LogP contribution in [0, 0.1) is 5.92 Å². The highest BCUT2D eigenvalue weighted by Crippen LogP contribution is 2.21. The summed E-state index contributed by atoms with van der Waals surface area (Å²) < 4.78 is 5.62. The molecule has 100 valence electrons. The number of Topliss-reactive ketones (excluding diaryl/α,β-unsaturated/α-hetero) is 1. The Bertz CT molecular complexity index is 207. The highest BCUT2D eigenvalue weighted by atomic mass is 16.5. The lowest BCUT2D eigenvalue weighted by molar-refractivity contribution is -0.123. The number of ketones is 1. The third kappa shape index (κ3) is 6.21. The highest BCUT2D eigenvalue weighted by molar-refractivity contribution is 5.79. The lowest BCUT2D eigenvalue weighted by Crippen LogP contribution is -2.23. The van der Waals surface area contributed by atoms with E-state index in [1.807, 2.05) is 0 Å². The molecular formula is C15H28O2. The van der Waals surface area contributed by atoms with Gasteiger partial charge in [-0.25, -0.2) is 0 Å². The van der Waals surface area contributed by atoms with Crippen LogP contribution in [0.1, 0.15) is 71.6 Å². The van der Waals surface area contributed by atoms with E-state index < -0.39 is 0 Å². The predicted octanol–water partition coefficient (Wildman–Crippen LogP) is 4.12. The van der Waals surface area contributed by atoms with E-state index in [9.17, 15) is 4.79 Å². The molecular weight excluding hydrogens is 212 g/mol. The van der Waals surface area contributed by atoms with Crippen molar-refractivity contribution in [1.29, 1.82) is 0 Å². The molecule has 0 aliphatic carbocycles. The third-order valence-electron chi connectivity index (χ3n) is 3.79. The largest absolute Gasteiger partial charge is 0.378 e. The zero-order valence-corrected chi connectivity index (χ0v) is 11.5. The normalized spacial score (nSPS) is 22.4. The molecule has 0 N–H and O–H groups in total. The first-order chi connectivity index (χ1) is 8.26. The Labute approximate surface area is 106 Å². The van der Waals surface area contributed by atoms with Crippen LogP contribution in [-0.2, 0) is 9.53 Å². The summed E-state index contributed by atoms with van der Waals surface area (Å²) in [5.74, 6) is 1.02. The van der Waals surface area contributed by atoms with E-state index in [1.165, 1.54) is 32.1 Å². The summed E-state index contributed by atoms with van der Waals surface area (Å²) in [5.41, 5.74) is 0. The molecule has 2 unspecified atom stereocenters. The predicted molar refractivity (Wildman–Crippen MR) is 71.1 cm³/mol. The van der Waals surface area contributed by atoms with Crippen molar-refractivity contribution < 1.29 is 9.53 Å². The van der Waals surface area contributed by atoms with E-state index in [4.69, 9.17) is 4.74 Å². The van der Waals surface area contributed by atoms with E-state index in [0.29, 0.717) is 18.1 Å². The van der Waals surface area contributed by atoms with Gasteiger partial charge in [0.25, 0.3) is 0 Å². The molecule has 0 bridgehead atoms. The summed E-state index contributed by atoms with van der Waals surface area (Å²) in [5, 5.41) is 0. The van der Waals surface area contributed by atoms with Crippen LogP contribution in [-0.4, -0.2) is 18.5 Å². The lowest BCUT2D eigenvalue weighted by atomic mass is 9.91. The Kier molecular flexibility index (Phi) is 7.50. The van der Waals surface area contributed by atoms with Gasteiger partial charge >= 0.3 is 0 Å². The summed E-state index contributed by atoms with van der Waals surface area (Å²) in [7, 11) is 0. The second kappa shape index (κ2) is 8.68. The Morgan fingerprint density at radius 2 is 2.18 bits per heavy atom. The fraction of sp³-hybridized carbons (Fsp3) is 0.933. The van der Waals surface area contributed by atoms with Crippen LogP contribution in [0.15, 0.2) is 0 Å². The zero-order chi connectivity index (χ0) is 12.5. The molecule has 2 nitrogen and oxygen atoms in total. The number of hydrogen-bond acceptors (Lipinski definition) is 2. The summed E-state index contributed by atoms with van der Waals surface area (Å²) in [6.45, 7) is 5.26. The van der Waals surface area contributed by atoms with Gasteiger partial charge in [0.1, 0.15) is 5.78 Å². The second-order valence-corrected chi connectivity index (χ2v) is 5.35. The van der Waals surface area contributed by atoms with Gasteiger partial charge in [-0.05, 0) is 25.2 Å². The van der Waals surface area contributed by atoms with Crippen molar-refractivity contribution in [3.8, 4) is 0 Å². The standard InChI is InChI=1S/C15H28O2/c1-3-5-8-13(4-2)11-14(16)12-15-9-6-7-10-17-15/h13,15H,3-12H2,1-2H3. The van der Waals surface area contributed by atoms with Gasteiger partial charge in [0.15, 0.2) is 0 Å². The van der Waals surface area contributed by atoms with Crippen molar-refractivity contribution in [2.75, 3.05) is 6.61 Å². The smallest absolute Gasteiger partial charge is 0.135 e. The number of carbonyl (C=O) groups is 1. The maximum Gasteiger partial charge on any atom is 0.135 e.